The lowest BCUT2D eigenvalue weighted by molar-refractivity contribution is 1.17. The molecule has 0 saturated carbocycles. The van der Waals surface area contributed by atoms with E-state index in [1.165, 1.54) is 0 Å². The Hall–Kier alpha value is -1.34. The maximum Gasteiger partial charge on any atom is 0.261 e. The molecule has 2 rings (SSSR count). The average Bonchev–Trinajstić information content (AvgIpc) is 2.13. The molecule has 0 aliphatic carbocycles. The average molecular weight is 291 g/mol. The van der Waals surface area contributed by atoms with Gasteiger partial charge in [0.2, 0.25) is 5.95 Å². The standard InChI is InChI=1S/C7H5BrClN5O/c8-2-1-3(5(10)13-4(2)9)12-7(11)14-6(1)15/h(H2,10,13)(H3,11,12,14,15). The fourth-order valence-corrected chi connectivity index (χ4v) is 1.83. The van der Waals surface area contributed by atoms with Gasteiger partial charge in [0.1, 0.15) is 10.7 Å². The zero-order chi connectivity index (χ0) is 11.2. The van der Waals surface area contributed by atoms with Gasteiger partial charge in [-0.3, -0.25) is 9.78 Å². The number of halogens is 2. The topological polar surface area (TPSA) is 111 Å². The van der Waals surface area contributed by atoms with Crippen molar-refractivity contribution in [2.45, 2.75) is 0 Å². The normalized spacial score (nSPS) is 10.8. The number of nitrogens with one attached hydrogen (secondary N) is 1. The Kier molecular flexibility index (Phi) is 2.28. The van der Waals surface area contributed by atoms with Crippen LogP contribution in [0.5, 0.6) is 0 Å². The second-order valence-electron chi connectivity index (χ2n) is 2.78. The molecule has 0 fully saturated rings. The van der Waals surface area contributed by atoms with Gasteiger partial charge in [0.15, 0.2) is 5.82 Å². The number of nitrogens with zero attached hydrogens (tertiary/aromatic N) is 2. The van der Waals surface area contributed by atoms with E-state index in [1.807, 2.05) is 0 Å². The van der Waals surface area contributed by atoms with Crippen molar-refractivity contribution in [2.24, 2.45) is 0 Å². The maximum atomic E-state index is 11.6. The van der Waals surface area contributed by atoms with Crippen molar-refractivity contribution in [1.29, 1.82) is 0 Å². The summed E-state index contributed by atoms with van der Waals surface area (Å²) in [5, 5.41) is 0.346. The van der Waals surface area contributed by atoms with Crippen molar-refractivity contribution >= 4 is 50.2 Å². The minimum atomic E-state index is -0.416. The Labute approximate surface area is 96.8 Å². The van der Waals surface area contributed by atoms with Crippen LogP contribution in [0, 0.1) is 0 Å². The highest BCUT2D eigenvalue weighted by atomic mass is 79.9. The fourth-order valence-electron chi connectivity index (χ4n) is 1.19. The number of anilines is 2. The van der Waals surface area contributed by atoms with Gasteiger partial charge in [-0.25, -0.2) is 9.97 Å². The minimum Gasteiger partial charge on any atom is -0.382 e. The molecule has 0 bridgehead atoms. The summed E-state index contributed by atoms with van der Waals surface area (Å²) in [7, 11) is 0. The van der Waals surface area contributed by atoms with Crippen LogP contribution < -0.4 is 17.0 Å². The van der Waals surface area contributed by atoms with Crippen molar-refractivity contribution in [3.63, 3.8) is 0 Å². The zero-order valence-electron chi connectivity index (χ0n) is 7.21. The first kappa shape index (κ1) is 10.2. The summed E-state index contributed by atoms with van der Waals surface area (Å²) >= 11 is 8.89. The Bertz CT molecular complexity index is 610. The quantitative estimate of drug-likeness (QED) is 0.624. The van der Waals surface area contributed by atoms with Crippen molar-refractivity contribution in [3.05, 3.63) is 20.0 Å². The van der Waals surface area contributed by atoms with E-state index in [1.54, 1.807) is 0 Å². The predicted octanol–water partition coefficient (Wildman–Crippen LogP) is 0.898. The third-order valence-electron chi connectivity index (χ3n) is 1.80. The number of fused-ring (bicyclic) bond motifs is 1. The van der Waals surface area contributed by atoms with Crippen LogP contribution in [0.4, 0.5) is 11.8 Å². The molecule has 0 aromatic carbocycles. The summed E-state index contributed by atoms with van der Waals surface area (Å²) in [6.45, 7) is 0. The van der Waals surface area contributed by atoms with E-state index < -0.39 is 5.56 Å². The van der Waals surface area contributed by atoms with Crippen molar-refractivity contribution in [2.75, 3.05) is 11.5 Å². The number of H-pyrrole nitrogens is 1. The number of nitrogen functional groups attached to an aromatic ring is 2. The molecule has 5 N–H and O–H groups in total. The van der Waals surface area contributed by atoms with Gasteiger partial charge in [-0.2, -0.15) is 0 Å². The summed E-state index contributed by atoms with van der Waals surface area (Å²) in [6.07, 6.45) is 0. The van der Waals surface area contributed by atoms with Crippen LogP contribution in [0.3, 0.4) is 0 Å². The minimum absolute atomic E-state index is 0.0183. The van der Waals surface area contributed by atoms with E-state index >= 15 is 0 Å². The molecule has 0 spiro atoms. The largest absolute Gasteiger partial charge is 0.382 e. The molecule has 0 aliphatic heterocycles. The molecule has 2 heterocycles. The van der Waals surface area contributed by atoms with Crippen LogP contribution in [-0.4, -0.2) is 15.0 Å². The van der Waals surface area contributed by atoms with E-state index in [-0.39, 0.29) is 27.8 Å². The molecular formula is C7H5BrClN5O. The Balaban J connectivity index is 3.10. The van der Waals surface area contributed by atoms with Gasteiger partial charge < -0.3 is 11.5 Å². The molecule has 0 radical (unpaired) electrons. The lowest BCUT2D eigenvalue weighted by Gasteiger charge is -2.04. The highest BCUT2D eigenvalue weighted by molar-refractivity contribution is 9.10. The third kappa shape index (κ3) is 1.53. The number of hydrogen-bond donors (Lipinski definition) is 3. The summed E-state index contributed by atoms with van der Waals surface area (Å²) in [5.41, 5.74) is 10.8. The van der Waals surface area contributed by atoms with Gasteiger partial charge in [-0.05, 0) is 15.9 Å². The van der Waals surface area contributed by atoms with E-state index in [0.717, 1.165) is 0 Å². The summed E-state index contributed by atoms with van der Waals surface area (Å²) in [6, 6.07) is 0. The van der Waals surface area contributed by atoms with Gasteiger partial charge in [-0.1, -0.05) is 11.6 Å². The van der Waals surface area contributed by atoms with Gasteiger partial charge in [0.25, 0.3) is 5.56 Å². The number of nitrogens with two attached hydrogens (primary N) is 2. The van der Waals surface area contributed by atoms with Crippen LogP contribution in [0.1, 0.15) is 0 Å². The summed E-state index contributed by atoms with van der Waals surface area (Å²) < 4.78 is 0.349. The molecule has 2 aromatic rings. The Morgan fingerprint density at radius 2 is 2.00 bits per heavy atom. The van der Waals surface area contributed by atoms with E-state index in [0.29, 0.717) is 4.47 Å². The van der Waals surface area contributed by atoms with Crippen LogP contribution >= 0.6 is 27.5 Å². The molecule has 6 nitrogen and oxygen atoms in total. The van der Waals surface area contributed by atoms with E-state index in [9.17, 15) is 4.79 Å². The maximum absolute atomic E-state index is 11.6. The van der Waals surface area contributed by atoms with Crippen molar-refractivity contribution in [1.82, 2.24) is 15.0 Å². The predicted molar refractivity (Wildman–Crippen MR) is 61.7 cm³/mol. The van der Waals surface area contributed by atoms with Crippen molar-refractivity contribution < 1.29 is 0 Å². The molecule has 0 aliphatic rings. The van der Waals surface area contributed by atoms with E-state index in [4.69, 9.17) is 23.1 Å². The second-order valence-corrected chi connectivity index (χ2v) is 3.93. The van der Waals surface area contributed by atoms with Crippen LogP contribution in [-0.2, 0) is 0 Å². The molecule has 0 atom stereocenters. The van der Waals surface area contributed by atoms with Gasteiger partial charge in [0.05, 0.1) is 9.86 Å². The molecule has 0 amide bonds. The number of aromatic amines is 1. The number of rotatable bonds is 0. The van der Waals surface area contributed by atoms with Crippen molar-refractivity contribution in [3.8, 4) is 0 Å². The summed E-state index contributed by atoms with van der Waals surface area (Å²) in [5.74, 6) is 0.0474. The molecule has 78 valence electrons. The van der Waals surface area contributed by atoms with Gasteiger partial charge in [-0.15, -0.1) is 0 Å². The first-order chi connectivity index (χ1) is 7.00. The smallest absolute Gasteiger partial charge is 0.261 e. The molecule has 8 heteroatoms. The molecular weight excluding hydrogens is 285 g/mol. The molecule has 0 saturated heterocycles. The Morgan fingerprint density at radius 1 is 1.33 bits per heavy atom. The monoisotopic (exact) mass is 289 g/mol. The number of pyridine rings is 1. The fraction of sp³-hybridized carbons (Fsp3) is 0. The SMILES string of the molecule is Nc1nc2c(N)nc(Cl)c(Br)c2c(=O)[nH]1. The lowest BCUT2D eigenvalue weighted by Crippen LogP contribution is -2.13. The number of aromatic nitrogens is 3. The van der Waals surface area contributed by atoms with Gasteiger partial charge >= 0.3 is 0 Å². The van der Waals surface area contributed by atoms with Crippen LogP contribution in [0.2, 0.25) is 5.15 Å². The lowest BCUT2D eigenvalue weighted by atomic mass is 10.3. The number of hydrogen-bond acceptors (Lipinski definition) is 5. The zero-order valence-corrected chi connectivity index (χ0v) is 9.56. The summed E-state index contributed by atoms with van der Waals surface area (Å²) in [4.78, 5) is 21.6. The first-order valence-electron chi connectivity index (χ1n) is 3.80. The Morgan fingerprint density at radius 3 is 2.67 bits per heavy atom. The van der Waals surface area contributed by atoms with Crippen LogP contribution in [0.25, 0.3) is 10.9 Å². The highest BCUT2D eigenvalue weighted by Gasteiger charge is 2.13. The molecule has 0 unspecified atom stereocenters. The third-order valence-corrected chi connectivity index (χ3v) is 3.07. The second kappa shape index (κ2) is 3.35. The van der Waals surface area contributed by atoms with Gasteiger partial charge in [0, 0.05) is 0 Å². The first-order valence-corrected chi connectivity index (χ1v) is 4.97. The van der Waals surface area contributed by atoms with E-state index in [2.05, 4.69) is 30.9 Å². The molecule has 2 aromatic heterocycles. The highest BCUT2D eigenvalue weighted by Crippen LogP contribution is 2.29. The van der Waals surface area contributed by atoms with Crippen LogP contribution in [0.15, 0.2) is 9.27 Å². The molecule has 15 heavy (non-hydrogen) atoms.